The maximum Gasteiger partial charge on any atom is 0.247 e. The molecule has 0 saturated carbocycles. The van der Waals surface area contributed by atoms with E-state index in [2.05, 4.69) is 11.9 Å². The molecular weight excluding hydrogens is 646 g/mol. The summed E-state index contributed by atoms with van der Waals surface area (Å²) >= 11 is 1.99. The van der Waals surface area contributed by atoms with Crippen molar-refractivity contribution in [3.63, 3.8) is 0 Å². The Labute approximate surface area is 252 Å². The van der Waals surface area contributed by atoms with E-state index in [0.29, 0.717) is 33.8 Å². The number of allylic oxidation sites excluding steroid dienone is 1. The maximum atomic E-state index is 13.8. The molecule has 1 aliphatic rings. The molecule has 3 rings (SSSR count). The standard InChI is InChI=1S/C30H34FIN2O7/c1-3-4-8-27(37)34(11-9-19-6-5-7-22(31)13-19)24-16-21(30(39)33-10-12-35)17-25(28(24)38)41-29-23(32)14-20(18-36)15-26(29)40-2/h3,5-7,13-15,17-18,24-25,28,35,38H,1,4,8-12,16H2,2H3,(H,33,39)/t24-,25+,28+/m1/s1. The number of hydrogen-bond acceptors (Lipinski definition) is 7. The lowest BCUT2D eigenvalue weighted by Crippen LogP contribution is -2.55. The van der Waals surface area contributed by atoms with Gasteiger partial charge in [-0.25, -0.2) is 4.39 Å². The minimum Gasteiger partial charge on any atom is -0.493 e. The first-order valence-electron chi connectivity index (χ1n) is 13.1. The van der Waals surface area contributed by atoms with Gasteiger partial charge in [0.25, 0.3) is 0 Å². The summed E-state index contributed by atoms with van der Waals surface area (Å²) in [5, 5.41) is 23.4. The summed E-state index contributed by atoms with van der Waals surface area (Å²) in [6.07, 6.45) is 2.36. The lowest BCUT2D eigenvalue weighted by molar-refractivity contribution is -0.138. The van der Waals surface area contributed by atoms with E-state index in [1.165, 1.54) is 36.3 Å². The van der Waals surface area contributed by atoms with Crippen LogP contribution in [0.3, 0.4) is 0 Å². The molecule has 0 aliphatic heterocycles. The Balaban J connectivity index is 2.00. The van der Waals surface area contributed by atoms with Crippen molar-refractivity contribution in [2.75, 3.05) is 26.8 Å². The predicted octanol–water partition coefficient (Wildman–Crippen LogP) is 3.20. The van der Waals surface area contributed by atoms with Gasteiger partial charge in [-0.1, -0.05) is 18.2 Å². The molecule has 0 heterocycles. The van der Waals surface area contributed by atoms with Crippen LogP contribution in [0.1, 0.15) is 35.2 Å². The van der Waals surface area contributed by atoms with E-state index in [-0.39, 0.29) is 55.5 Å². The summed E-state index contributed by atoms with van der Waals surface area (Å²) in [6.45, 7) is 3.61. The highest BCUT2D eigenvalue weighted by molar-refractivity contribution is 14.1. The van der Waals surface area contributed by atoms with Crippen LogP contribution in [0, 0.1) is 9.39 Å². The maximum absolute atomic E-state index is 13.8. The number of aldehydes is 1. The van der Waals surface area contributed by atoms with Crippen molar-refractivity contribution in [1.82, 2.24) is 10.2 Å². The number of nitrogens with zero attached hydrogens (tertiary/aromatic N) is 1. The summed E-state index contributed by atoms with van der Waals surface area (Å²) in [5.41, 5.74) is 1.32. The van der Waals surface area contributed by atoms with Gasteiger partial charge in [0.05, 0.1) is 23.3 Å². The van der Waals surface area contributed by atoms with Crippen molar-refractivity contribution in [1.29, 1.82) is 0 Å². The average Bonchev–Trinajstić information content (AvgIpc) is 2.97. The van der Waals surface area contributed by atoms with Gasteiger partial charge in [-0.15, -0.1) is 6.58 Å². The van der Waals surface area contributed by atoms with E-state index in [0.717, 1.165) is 0 Å². The molecule has 0 aromatic heterocycles. The SMILES string of the molecule is C=CCCC(=O)N(CCc1cccc(F)c1)[C@@H]1CC(C(=O)NCCO)=C[C@H](Oc2c(I)cc(C=O)cc2OC)[C@H]1O. The summed E-state index contributed by atoms with van der Waals surface area (Å²) in [7, 11) is 1.42. The number of ether oxygens (including phenoxy) is 2. The topological polar surface area (TPSA) is 125 Å². The number of nitrogens with one attached hydrogen (secondary N) is 1. The molecule has 0 bridgehead atoms. The van der Waals surface area contributed by atoms with E-state index < -0.39 is 30.0 Å². The third-order valence-corrected chi connectivity index (χ3v) is 7.47. The molecule has 0 unspecified atom stereocenters. The van der Waals surface area contributed by atoms with Crippen molar-refractivity contribution in [2.45, 2.75) is 43.9 Å². The van der Waals surface area contributed by atoms with Crippen LogP contribution in [-0.4, -0.2) is 78.3 Å². The van der Waals surface area contributed by atoms with Gasteiger partial charge < -0.3 is 29.9 Å². The molecule has 2 aromatic rings. The van der Waals surface area contributed by atoms with E-state index >= 15 is 0 Å². The molecule has 2 amide bonds. The van der Waals surface area contributed by atoms with Crippen molar-refractivity contribution in [2.24, 2.45) is 0 Å². The number of carbonyl (C=O) groups is 3. The molecule has 3 atom stereocenters. The Morgan fingerprint density at radius 3 is 2.73 bits per heavy atom. The van der Waals surface area contributed by atoms with E-state index in [1.807, 2.05) is 22.6 Å². The molecule has 0 saturated heterocycles. The van der Waals surface area contributed by atoms with E-state index in [1.54, 1.807) is 24.3 Å². The fourth-order valence-electron chi connectivity index (χ4n) is 4.62. The summed E-state index contributed by atoms with van der Waals surface area (Å²) < 4.78 is 26.0. The molecule has 0 radical (unpaired) electrons. The first kappa shape index (κ1) is 32.2. The first-order chi connectivity index (χ1) is 19.7. The Hall–Kier alpha value is -3.29. The predicted molar refractivity (Wildman–Crippen MR) is 159 cm³/mol. The van der Waals surface area contributed by atoms with Gasteiger partial charge in [0.2, 0.25) is 11.8 Å². The van der Waals surface area contributed by atoms with Crippen LogP contribution < -0.4 is 14.8 Å². The molecule has 220 valence electrons. The summed E-state index contributed by atoms with van der Waals surface area (Å²) in [4.78, 5) is 39.3. The van der Waals surface area contributed by atoms with Crippen molar-refractivity contribution in [3.8, 4) is 11.5 Å². The highest BCUT2D eigenvalue weighted by Crippen LogP contribution is 2.37. The largest absolute Gasteiger partial charge is 0.493 e. The third kappa shape index (κ3) is 8.60. The molecule has 0 spiro atoms. The number of halogens is 2. The quantitative estimate of drug-likeness (QED) is 0.159. The van der Waals surface area contributed by atoms with Gasteiger partial charge in [-0.2, -0.15) is 0 Å². The Kier molecular flexibility index (Phi) is 12.3. The van der Waals surface area contributed by atoms with Gasteiger partial charge in [0.15, 0.2) is 11.5 Å². The van der Waals surface area contributed by atoms with Gasteiger partial charge in [-0.3, -0.25) is 14.4 Å². The average molecular weight is 681 g/mol. The van der Waals surface area contributed by atoms with Crippen molar-refractivity contribution >= 4 is 40.7 Å². The van der Waals surface area contributed by atoms with Gasteiger partial charge in [0, 0.05) is 37.1 Å². The van der Waals surface area contributed by atoms with Crippen LogP contribution in [0.4, 0.5) is 4.39 Å². The molecule has 2 aromatic carbocycles. The fourth-order valence-corrected chi connectivity index (χ4v) is 5.38. The lowest BCUT2D eigenvalue weighted by atomic mass is 9.87. The number of benzene rings is 2. The first-order valence-corrected chi connectivity index (χ1v) is 14.2. The third-order valence-electron chi connectivity index (χ3n) is 6.67. The summed E-state index contributed by atoms with van der Waals surface area (Å²) in [5.74, 6) is -0.597. The van der Waals surface area contributed by atoms with E-state index in [9.17, 15) is 29.0 Å². The van der Waals surface area contributed by atoms with Crippen LogP contribution in [0.25, 0.3) is 0 Å². The van der Waals surface area contributed by atoms with Gasteiger partial charge in [0.1, 0.15) is 24.3 Å². The Morgan fingerprint density at radius 2 is 2.07 bits per heavy atom. The second-order valence-electron chi connectivity index (χ2n) is 9.46. The number of methoxy groups -OCH3 is 1. The van der Waals surface area contributed by atoms with Gasteiger partial charge >= 0.3 is 0 Å². The number of hydrogen-bond donors (Lipinski definition) is 3. The van der Waals surface area contributed by atoms with Crippen LogP contribution in [0.5, 0.6) is 11.5 Å². The zero-order valence-corrected chi connectivity index (χ0v) is 24.9. The van der Waals surface area contributed by atoms with Crippen molar-refractivity contribution < 1.29 is 38.5 Å². The number of aliphatic hydroxyl groups is 2. The fraction of sp³-hybridized carbons (Fsp3) is 0.367. The van der Waals surface area contributed by atoms with Crippen molar-refractivity contribution in [3.05, 3.63) is 81.2 Å². The second-order valence-corrected chi connectivity index (χ2v) is 10.6. The number of rotatable bonds is 14. The highest BCUT2D eigenvalue weighted by Gasteiger charge is 2.40. The van der Waals surface area contributed by atoms with Gasteiger partial charge in [-0.05, 0) is 71.3 Å². The molecular formula is C30H34FIN2O7. The smallest absolute Gasteiger partial charge is 0.247 e. The van der Waals surface area contributed by atoms with Crippen LogP contribution in [0.15, 0.2) is 60.7 Å². The lowest BCUT2D eigenvalue weighted by Gasteiger charge is -2.41. The zero-order chi connectivity index (χ0) is 29.9. The molecule has 11 heteroatoms. The summed E-state index contributed by atoms with van der Waals surface area (Å²) in [6, 6.07) is 8.31. The molecule has 0 fully saturated rings. The Bertz CT molecular complexity index is 1290. The molecule has 3 N–H and O–H groups in total. The Morgan fingerprint density at radius 1 is 1.29 bits per heavy atom. The second kappa shape index (κ2) is 15.6. The number of aliphatic hydroxyl groups excluding tert-OH is 2. The number of amides is 2. The molecule has 1 aliphatic carbocycles. The van der Waals surface area contributed by atoms with Crippen LogP contribution in [0.2, 0.25) is 0 Å². The normalized spacial score (nSPS) is 18.2. The van der Waals surface area contributed by atoms with Crippen LogP contribution >= 0.6 is 22.6 Å². The minimum atomic E-state index is -1.25. The highest BCUT2D eigenvalue weighted by atomic mass is 127. The monoisotopic (exact) mass is 680 g/mol. The molecule has 41 heavy (non-hydrogen) atoms. The number of carbonyl (C=O) groups excluding carboxylic acids is 3. The van der Waals surface area contributed by atoms with E-state index in [4.69, 9.17) is 9.47 Å². The molecule has 9 nitrogen and oxygen atoms in total. The minimum absolute atomic E-state index is 0.0232. The zero-order valence-electron chi connectivity index (χ0n) is 22.7. The van der Waals surface area contributed by atoms with Crippen LogP contribution in [-0.2, 0) is 16.0 Å².